The summed E-state index contributed by atoms with van der Waals surface area (Å²) in [6.07, 6.45) is 2.74. The van der Waals surface area contributed by atoms with Crippen LogP contribution in [0.4, 0.5) is 5.69 Å². The Morgan fingerprint density at radius 3 is 2.88 bits per heavy atom. The highest BCUT2D eigenvalue weighted by atomic mass is 16.4. The third-order valence-electron chi connectivity index (χ3n) is 3.33. The molecule has 2 aromatic heterocycles. The molecule has 3 N–H and O–H groups in total. The van der Waals surface area contributed by atoms with Crippen molar-refractivity contribution in [2.45, 2.75) is 6.92 Å². The summed E-state index contributed by atoms with van der Waals surface area (Å²) in [5.74, 6) is 3.43. The molecule has 0 aliphatic heterocycles. The van der Waals surface area contributed by atoms with Crippen LogP contribution in [0.1, 0.15) is 17.3 Å². The number of carboxylic acids is 1. The van der Waals surface area contributed by atoms with Crippen molar-refractivity contribution in [2.75, 3.05) is 5.32 Å². The van der Waals surface area contributed by atoms with Gasteiger partial charge in [-0.15, -0.1) is 0 Å². The third-order valence-corrected chi connectivity index (χ3v) is 3.33. The first kappa shape index (κ1) is 15.2. The molecule has 1 amide bonds. The van der Waals surface area contributed by atoms with E-state index in [1.54, 1.807) is 31.2 Å². The molecular formula is C17H12N4O3. The lowest BCUT2D eigenvalue weighted by molar-refractivity contribution is -0.111. The van der Waals surface area contributed by atoms with Gasteiger partial charge in [-0.2, -0.15) is 0 Å². The molecule has 7 nitrogen and oxygen atoms in total. The standard InChI is InChI=1S/C17H12N4O3/c1-2-4-13(22)21-11-6-3-5-10(7-11)15-14-12(17(23)24)8-18-16(14)20-9-19-15/h3,5-9H,1H3,(H,21,22)(H,23,24)(H,18,19,20). The molecule has 0 aliphatic carbocycles. The molecule has 0 radical (unpaired) electrons. The maximum Gasteiger partial charge on any atom is 0.338 e. The summed E-state index contributed by atoms with van der Waals surface area (Å²) in [5.41, 5.74) is 2.19. The maximum atomic E-state index is 11.6. The van der Waals surface area contributed by atoms with E-state index in [1.165, 1.54) is 12.5 Å². The molecule has 1 aromatic carbocycles. The number of aromatic carboxylic acids is 1. The Bertz CT molecular complexity index is 1010. The molecular weight excluding hydrogens is 308 g/mol. The topological polar surface area (TPSA) is 108 Å². The number of nitrogens with zero attached hydrogens (tertiary/aromatic N) is 2. The summed E-state index contributed by atoms with van der Waals surface area (Å²) in [7, 11) is 0. The molecule has 0 bridgehead atoms. The van der Waals surface area contributed by atoms with Gasteiger partial charge in [0, 0.05) is 17.4 Å². The number of aromatic amines is 1. The molecule has 0 atom stereocenters. The van der Waals surface area contributed by atoms with Crippen LogP contribution in [0, 0.1) is 11.8 Å². The zero-order chi connectivity index (χ0) is 17.1. The van der Waals surface area contributed by atoms with E-state index < -0.39 is 11.9 Å². The Labute approximate surface area is 136 Å². The van der Waals surface area contributed by atoms with Crippen LogP contribution in [0.3, 0.4) is 0 Å². The van der Waals surface area contributed by atoms with E-state index in [0.717, 1.165) is 0 Å². The number of rotatable bonds is 3. The van der Waals surface area contributed by atoms with Gasteiger partial charge < -0.3 is 15.4 Å². The highest BCUT2D eigenvalue weighted by Crippen LogP contribution is 2.29. The van der Waals surface area contributed by atoms with E-state index in [1.807, 2.05) is 0 Å². The number of carbonyl (C=O) groups is 2. The number of nitrogens with one attached hydrogen (secondary N) is 2. The van der Waals surface area contributed by atoms with Gasteiger partial charge in [0.2, 0.25) is 0 Å². The summed E-state index contributed by atoms with van der Waals surface area (Å²) in [6.45, 7) is 1.58. The molecule has 0 aliphatic rings. The Hall–Kier alpha value is -3.66. The predicted octanol–water partition coefficient (Wildman–Crippen LogP) is 2.28. The fourth-order valence-electron chi connectivity index (χ4n) is 2.37. The number of benzene rings is 1. The highest BCUT2D eigenvalue weighted by molar-refractivity contribution is 6.08. The van der Waals surface area contributed by atoms with E-state index in [9.17, 15) is 14.7 Å². The Morgan fingerprint density at radius 1 is 1.29 bits per heavy atom. The van der Waals surface area contributed by atoms with E-state index >= 15 is 0 Å². The molecule has 24 heavy (non-hydrogen) atoms. The fourth-order valence-corrected chi connectivity index (χ4v) is 2.37. The van der Waals surface area contributed by atoms with Crippen LogP contribution in [0.15, 0.2) is 36.8 Å². The quantitative estimate of drug-likeness (QED) is 0.642. The molecule has 118 valence electrons. The van der Waals surface area contributed by atoms with Crippen molar-refractivity contribution in [3.05, 3.63) is 42.4 Å². The smallest absolute Gasteiger partial charge is 0.338 e. The van der Waals surface area contributed by atoms with Crippen LogP contribution >= 0.6 is 0 Å². The largest absolute Gasteiger partial charge is 0.478 e. The van der Waals surface area contributed by atoms with Crippen LogP contribution < -0.4 is 5.32 Å². The Kier molecular flexibility index (Phi) is 3.95. The predicted molar refractivity (Wildman–Crippen MR) is 88.4 cm³/mol. The summed E-state index contributed by atoms with van der Waals surface area (Å²) >= 11 is 0. The molecule has 3 aromatic rings. The molecule has 3 rings (SSSR count). The van der Waals surface area contributed by atoms with Crippen molar-refractivity contribution in [1.82, 2.24) is 15.0 Å². The summed E-state index contributed by atoms with van der Waals surface area (Å²) in [6, 6.07) is 6.94. The maximum absolute atomic E-state index is 11.6. The first-order valence-electron chi connectivity index (χ1n) is 6.99. The number of amides is 1. The minimum atomic E-state index is -1.07. The van der Waals surface area contributed by atoms with Crippen LogP contribution in [0.2, 0.25) is 0 Å². The van der Waals surface area contributed by atoms with Crippen LogP contribution in [0.25, 0.3) is 22.3 Å². The number of carboxylic acid groups (broad SMARTS) is 1. The highest BCUT2D eigenvalue weighted by Gasteiger charge is 2.17. The average Bonchev–Trinajstić information content (AvgIpc) is 2.99. The Balaban J connectivity index is 2.10. The average molecular weight is 320 g/mol. The van der Waals surface area contributed by atoms with Gasteiger partial charge in [-0.1, -0.05) is 18.1 Å². The second-order valence-electron chi connectivity index (χ2n) is 4.86. The SMILES string of the molecule is CC#CC(=O)Nc1cccc(-c2ncnc3[nH]cc(C(=O)O)c23)c1. The van der Waals surface area contributed by atoms with Gasteiger partial charge in [0.25, 0.3) is 5.91 Å². The minimum Gasteiger partial charge on any atom is -0.478 e. The lowest BCUT2D eigenvalue weighted by atomic mass is 10.1. The van der Waals surface area contributed by atoms with Crippen LogP contribution in [-0.4, -0.2) is 31.9 Å². The van der Waals surface area contributed by atoms with Crippen molar-refractivity contribution < 1.29 is 14.7 Å². The fraction of sp³-hybridized carbons (Fsp3) is 0.0588. The van der Waals surface area contributed by atoms with Gasteiger partial charge >= 0.3 is 5.97 Å². The second kappa shape index (κ2) is 6.22. The zero-order valence-electron chi connectivity index (χ0n) is 12.6. The number of carbonyl (C=O) groups excluding carboxylic acids is 1. The van der Waals surface area contributed by atoms with Gasteiger partial charge in [0.05, 0.1) is 16.6 Å². The van der Waals surface area contributed by atoms with Crippen molar-refractivity contribution in [2.24, 2.45) is 0 Å². The van der Waals surface area contributed by atoms with Gasteiger partial charge in [0.15, 0.2) is 0 Å². The van der Waals surface area contributed by atoms with E-state index in [2.05, 4.69) is 32.1 Å². The summed E-state index contributed by atoms with van der Waals surface area (Å²) in [5, 5.41) is 12.4. The monoisotopic (exact) mass is 320 g/mol. The van der Waals surface area contributed by atoms with Crippen molar-refractivity contribution in [3.63, 3.8) is 0 Å². The number of anilines is 1. The van der Waals surface area contributed by atoms with Crippen LogP contribution in [-0.2, 0) is 4.79 Å². The first-order valence-corrected chi connectivity index (χ1v) is 6.99. The second-order valence-corrected chi connectivity index (χ2v) is 4.86. The van der Waals surface area contributed by atoms with Gasteiger partial charge in [-0.05, 0) is 25.0 Å². The number of hydrogen-bond donors (Lipinski definition) is 3. The molecule has 0 spiro atoms. The molecule has 2 heterocycles. The molecule has 0 saturated carbocycles. The third kappa shape index (κ3) is 2.80. The van der Waals surface area contributed by atoms with E-state index in [-0.39, 0.29) is 5.56 Å². The van der Waals surface area contributed by atoms with Gasteiger partial charge in [-0.3, -0.25) is 4.79 Å². The normalized spacial score (nSPS) is 10.0. The van der Waals surface area contributed by atoms with Crippen molar-refractivity contribution in [1.29, 1.82) is 0 Å². The first-order chi connectivity index (χ1) is 11.6. The Morgan fingerprint density at radius 2 is 2.12 bits per heavy atom. The summed E-state index contributed by atoms with van der Waals surface area (Å²) < 4.78 is 0. The molecule has 0 saturated heterocycles. The van der Waals surface area contributed by atoms with E-state index in [0.29, 0.717) is 28.0 Å². The molecule has 0 unspecified atom stereocenters. The van der Waals surface area contributed by atoms with Gasteiger partial charge in [0.1, 0.15) is 12.0 Å². The lowest BCUT2D eigenvalue weighted by Gasteiger charge is -2.06. The van der Waals surface area contributed by atoms with E-state index in [4.69, 9.17) is 0 Å². The van der Waals surface area contributed by atoms with Crippen LogP contribution in [0.5, 0.6) is 0 Å². The lowest BCUT2D eigenvalue weighted by Crippen LogP contribution is -2.08. The number of fused-ring (bicyclic) bond motifs is 1. The summed E-state index contributed by atoms with van der Waals surface area (Å²) in [4.78, 5) is 34.1. The zero-order valence-corrected chi connectivity index (χ0v) is 12.6. The minimum absolute atomic E-state index is 0.0897. The number of aromatic nitrogens is 3. The molecule has 7 heteroatoms. The van der Waals surface area contributed by atoms with Crippen molar-refractivity contribution in [3.8, 4) is 23.1 Å². The van der Waals surface area contributed by atoms with Crippen molar-refractivity contribution >= 4 is 28.6 Å². The number of H-pyrrole nitrogens is 1. The van der Waals surface area contributed by atoms with Gasteiger partial charge in [-0.25, -0.2) is 14.8 Å². The molecule has 0 fully saturated rings. The number of hydrogen-bond acceptors (Lipinski definition) is 4.